The number of fused-ring (bicyclic) bond motifs is 7. The zero-order valence-electron chi connectivity index (χ0n) is 38.1. The van der Waals surface area contributed by atoms with Gasteiger partial charge in [-0.05, 0) is 144 Å². The Kier molecular flexibility index (Phi) is 10.3. The van der Waals surface area contributed by atoms with Gasteiger partial charge in [-0.3, -0.25) is 0 Å². The molecule has 322 valence electrons. The summed E-state index contributed by atoms with van der Waals surface area (Å²) in [7, 11) is 0. The first kappa shape index (κ1) is 40.9. The fourth-order valence-electron chi connectivity index (χ4n) is 11.2. The number of rotatable bonds is 10. The summed E-state index contributed by atoms with van der Waals surface area (Å²) in [6.07, 6.45) is 8.45. The van der Waals surface area contributed by atoms with E-state index in [4.69, 9.17) is 6.58 Å². The number of hydrogen-bond donors (Lipinski definition) is 0. The normalized spacial score (nSPS) is 15.6. The van der Waals surface area contributed by atoms with Crippen molar-refractivity contribution in [2.24, 2.45) is 0 Å². The number of anilines is 3. The minimum atomic E-state index is -0.616. The molecule has 0 radical (unpaired) electrons. The molecule has 0 bridgehead atoms. The first-order valence-corrected chi connectivity index (χ1v) is 23.7. The lowest BCUT2D eigenvalue weighted by atomic mass is 9.67. The van der Waals surface area contributed by atoms with E-state index in [0.717, 1.165) is 22.6 Å². The predicted molar refractivity (Wildman–Crippen MR) is 287 cm³/mol. The van der Waals surface area contributed by atoms with E-state index in [2.05, 4.69) is 273 Å². The summed E-state index contributed by atoms with van der Waals surface area (Å²) in [6, 6.07) is 87.3. The predicted octanol–water partition coefficient (Wildman–Crippen LogP) is 17.8. The molecule has 0 amide bonds. The fourth-order valence-corrected chi connectivity index (χ4v) is 11.2. The Morgan fingerprint density at radius 3 is 1.85 bits per heavy atom. The topological polar surface area (TPSA) is 3.24 Å². The van der Waals surface area contributed by atoms with E-state index in [1.54, 1.807) is 0 Å². The average Bonchev–Trinajstić information content (AvgIpc) is 3.89. The molecule has 2 aliphatic carbocycles. The van der Waals surface area contributed by atoms with Gasteiger partial charge >= 0.3 is 0 Å². The second kappa shape index (κ2) is 17.0. The molecular weight excluding hydrogens is 819 g/mol. The highest BCUT2D eigenvalue weighted by Crippen LogP contribution is 2.58. The van der Waals surface area contributed by atoms with Crippen molar-refractivity contribution in [1.29, 1.82) is 0 Å². The van der Waals surface area contributed by atoms with E-state index in [9.17, 15) is 0 Å². The smallest absolute Gasteiger partial charge is 0.0708 e. The molecule has 0 N–H and O–H groups in total. The van der Waals surface area contributed by atoms with Crippen molar-refractivity contribution in [1.82, 2.24) is 0 Å². The Bertz CT molecular complexity index is 3600. The monoisotopic (exact) mass is 867 g/mol. The first-order valence-electron chi connectivity index (χ1n) is 23.7. The Balaban J connectivity index is 1.02. The second-order valence-corrected chi connectivity index (χ2v) is 18.0. The summed E-state index contributed by atoms with van der Waals surface area (Å²) in [6.45, 7) is 6.92. The van der Waals surface area contributed by atoms with Crippen molar-refractivity contribution in [3.63, 3.8) is 0 Å². The number of hydrogen-bond acceptors (Lipinski definition) is 1. The van der Waals surface area contributed by atoms with Crippen molar-refractivity contribution in [3.05, 3.63) is 306 Å². The lowest BCUT2D eigenvalue weighted by Crippen LogP contribution is -2.28. The quantitative estimate of drug-likeness (QED) is 0.124. The fraction of sp³-hybridized carbons (Fsp3) is 0.0448. The van der Waals surface area contributed by atoms with Crippen LogP contribution in [0.3, 0.4) is 0 Å². The van der Waals surface area contributed by atoms with Crippen LogP contribution in [0, 0.1) is 0 Å². The lowest BCUT2D eigenvalue weighted by molar-refractivity contribution is 0.770. The van der Waals surface area contributed by atoms with Crippen LogP contribution >= 0.6 is 0 Å². The van der Waals surface area contributed by atoms with Crippen LogP contribution in [0.25, 0.3) is 55.3 Å². The van der Waals surface area contributed by atoms with E-state index >= 15 is 0 Å². The highest BCUT2D eigenvalue weighted by molar-refractivity contribution is 5.91. The van der Waals surface area contributed by atoms with Crippen molar-refractivity contribution in [2.45, 2.75) is 18.3 Å². The molecular formula is C67H49N. The van der Waals surface area contributed by atoms with Crippen LogP contribution in [0.5, 0.6) is 0 Å². The summed E-state index contributed by atoms with van der Waals surface area (Å²) in [5.41, 5.74) is 21.1. The van der Waals surface area contributed by atoms with Gasteiger partial charge in [0, 0.05) is 23.0 Å². The van der Waals surface area contributed by atoms with Crippen LogP contribution in [-0.4, -0.2) is 0 Å². The van der Waals surface area contributed by atoms with E-state index in [-0.39, 0.29) is 5.92 Å². The van der Waals surface area contributed by atoms with Gasteiger partial charge in [-0.15, -0.1) is 0 Å². The van der Waals surface area contributed by atoms with Crippen molar-refractivity contribution in [3.8, 4) is 44.5 Å². The third kappa shape index (κ3) is 6.78. The van der Waals surface area contributed by atoms with Crippen LogP contribution in [0.15, 0.2) is 273 Å². The van der Waals surface area contributed by atoms with Gasteiger partial charge in [0.05, 0.1) is 5.41 Å². The Morgan fingerprint density at radius 2 is 1.03 bits per heavy atom. The van der Waals surface area contributed by atoms with Crippen LogP contribution in [0.2, 0.25) is 0 Å². The number of nitrogens with zero attached hydrogens (tertiary/aromatic N) is 1. The Labute approximate surface area is 400 Å². The van der Waals surface area contributed by atoms with Gasteiger partial charge in [-0.2, -0.15) is 0 Å². The number of benzene rings is 10. The maximum atomic E-state index is 4.87. The molecule has 0 fully saturated rings. The molecule has 0 heterocycles. The minimum absolute atomic E-state index is 0.136. The summed E-state index contributed by atoms with van der Waals surface area (Å²) < 4.78 is 0. The molecule has 68 heavy (non-hydrogen) atoms. The van der Waals surface area contributed by atoms with Crippen LogP contribution in [-0.2, 0) is 5.41 Å². The summed E-state index contributed by atoms with van der Waals surface area (Å²) >= 11 is 0. The van der Waals surface area contributed by atoms with Crippen LogP contribution in [0.1, 0.15) is 46.2 Å². The molecule has 0 saturated carbocycles. The molecule has 0 aromatic heterocycles. The minimum Gasteiger partial charge on any atom is -0.310 e. The van der Waals surface area contributed by atoms with Crippen molar-refractivity contribution in [2.75, 3.05) is 4.90 Å². The van der Waals surface area contributed by atoms with Gasteiger partial charge in [-0.1, -0.05) is 225 Å². The number of allylic oxidation sites excluding steroid dienone is 5. The maximum Gasteiger partial charge on any atom is 0.0708 e. The Hall–Kier alpha value is -8.52. The summed E-state index contributed by atoms with van der Waals surface area (Å²) in [5.74, 6) is 0.136. The zero-order chi connectivity index (χ0) is 45.6. The van der Waals surface area contributed by atoms with Gasteiger partial charge in [0.1, 0.15) is 0 Å². The molecule has 2 unspecified atom stereocenters. The molecule has 2 atom stereocenters. The van der Waals surface area contributed by atoms with Crippen LogP contribution < -0.4 is 4.90 Å². The molecule has 10 aromatic rings. The zero-order valence-corrected chi connectivity index (χ0v) is 38.1. The first-order chi connectivity index (χ1) is 33.6. The van der Waals surface area contributed by atoms with Crippen LogP contribution in [0.4, 0.5) is 17.1 Å². The molecule has 2 aliphatic rings. The van der Waals surface area contributed by atoms with Crippen molar-refractivity contribution >= 4 is 27.8 Å². The highest BCUT2D eigenvalue weighted by atomic mass is 15.1. The third-order valence-electron chi connectivity index (χ3n) is 14.3. The SMILES string of the molecule is C=C(/C=C\C=C/C)C1(c2ccccc2)c2ccccc2-c2ccc(N(c3ccc(-c4ccccc4)cc3)c3cccc(-c4ccc5c(c4)C(c4ccc6ccccc6c4)c4ccccc4-5)c3)cc21. The Morgan fingerprint density at radius 1 is 0.426 bits per heavy atom. The maximum absolute atomic E-state index is 4.87. The largest absolute Gasteiger partial charge is 0.310 e. The van der Waals surface area contributed by atoms with Gasteiger partial charge < -0.3 is 4.90 Å². The standard InChI is InChI=1S/C67H49N/c1-3-4-7-19-46(2)67(54-25-10-6-11-26-54)64-31-17-16-29-60(64)61-41-39-57(45-65(61)67)68(55-37-34-49(35-38-55)47-20-8-5-9-21-47)56-27-18-24-51(43-56)52-36-40-59-58-28-14-15-30-62(58)66(63(59)44-52)53-33-32-48-22-12-13-23-50(48)42-53/h3-45,66H,2H2,1H3/b4-3-,19-7-. The van der Waals surface area contributed by atoms with E-state index < -0.39 is 5.41 Å². The van der Waals surface area contributed by atoms with Gasteiger partial charge in [0.25, 0.3) is 0 Å². The molecule has 1 heteroatoms. The molecule has 12 rings (SSSR count). The van der Waals surface area contributed by atoms with Crippen molar-refractivity contribution < 1.29 is 0 Å². The van der Waals surface area contributed by atoms with E-state index in [0.29, 0.717) is 0 Å². The summed E-state index contributed by atoms with van der Waals surface area (Å²) in [4.78, 5) is 2.43. The summed E-state index contributed by atoms with van der Waals surface area (Å²) in [5, 5.41) is 2.53. The molecule has 0 saturated heterocycles. The third-order valence-corrected chi connectivity index (χ3v) is 14.3. The second-order valence-electron chi connectivity index (χ2n) is 18.0. The molecule has 1 nitrogen and oxygen atoms in total. The molecule has 10 aromatic carbocycles. The van der Waals surface area contributed by atoms with Gasteiger partial charge in [0.2, 0.25) is 0 Å². The molecule has 0 spiro atoms. The van der Waals surface area contributed by atoms with Gasteiger partial charge in [-0.25, -0.2) is 0 Å². The molecule has 0 aliphatic heterocycles. The van der Waals surface area contributed by atoms with Gasteiger partial charge in [0.15, 0.2) is 0 Å². The van der Waals surface area contributed by atoms with E-state index in [1.165, 1.54) is 88.7 Å². The highest BCUT2D eigenvalue weighted by Gasteiger charge is 2.46. The van der Waals surface area contributed by atoms with E-state index in [1.807, 2.05) is 0 Å². The average molecular weight is 868 g/mol. The lowest BCUT2D eigenvalue weighted by Gasteiger charge is -2.35.